The van der Waals surface area contributed by atoms with E-state index in [1.165, 1.54) is 35.6 Å². The number of piperazine rings is 1. The summed E-state index contributed by atoms with van der Waals surface area (Å²) in [5.41, 5.74) is 1.67. The zero-order valence-corrected chi connectivity index (χ0v) is 18.5. The van der Waals surface area contributed by atoms with Crippen LogP contribution < -0.4 is 5.32 Å². The quantitative estimate of drug-likeness (QED) is 0.577. The normalized spacial score (nSPS) is 14.5. The summed E-state index contributed by atoms with van der Waals surface area (Å²) in [5, 5.41) is 3.14. The van der Waals surface area contributed by atoms with Crippen LogP contribution >= 0.6 is 11.3 Å². The maximum Gasteiger partial charge on any atom is 0.253 e. The van der Waals surface area contributed by atoms with Gasteiger partial charge in [0, 0.05) is 50.1 Å². The second-order valence-electron chi connectivity index (χ2n) is 7.78. The Labute approximate surface area is 188 Å². The number of hydrogen-bond acceptors (Lipinski definition) is 6. The fraction of sp³-hybridized carbons (Fsp3) is 0.304. The molecule has 2 amide bonds. The minimum Gasteiger partial charge on any atom is -0.336 e. The number of ketones is 1. The van der Waals surface area contributed by atoms with Crippen LogP contribution in [0.3, 0.4) is 0 Å². The molecule has 2 heterocycles. The number of amides is 2. The Morgan fingerprint density at radius 1 is 1.00 bits per heavy atom. The Bertz CT molecular complexity index is 1150. The van der Waals surface area contributed by atoms with Gasteiger partial charge in [0.05, 0.1) is 10.2 Å². The largest absolute Gasteiger partial charge is 0.336 e. The average Bonchev–Trinajstić information content (AvgIpc) is 3.19. The number of hydrogen-bond donors (Lipinski definition) is 1. The van der Waals surface area contributed by atoms with Crippen LogP contribution in [0.15, 0.2) is 42.5 Å². The second kappa shape index (κ2) is 9.54. The SMILES string of the molecule is CN1CCN(C(=O)c2ccc3nc(NC(=O)CCC(=O)c4ccc(F)cc4)sc3c2)CC1. The fourth-order valence-corrected chi connectivity index (χ4v) is 4.41. The first-order chi connectivity index (χ1) is 15.4. The number of aromatic nitrogens is 1. The lowest BCUT2D eigenvalue weighted by atomic mass is 10.1. The number of likely N-dealkylation sites (N-methyl/N-ethyl adjacent to an activating group) is 1. The predicted molar refractivity (Wildman–Crippen MR) is 122 cm³/mol. The van der Waals surface area contributed by atoms with Gasteiger partial charge < -0.3 is 15.1 Å². The smallest absolute Gasteiger partial charge is 0.253 e. The molecule has 0 radical (unpaired) electrons. The summed E-state index contributed by atoms with van der Waals surface area (Å²) >= 11 is 1.29. The zero-order valence-electron chi connectivity index (χ0n) is 17.6. The highest BCUT2D eigenvalue weighted by Crippen LogP contribution is 2.27. The number of carbonyl (C=O) groups is 3. The molecular weight excluding hydrogens is 431 g/mol. The minimum atomic E-state index is -0.413. The third-order valence-electron chi connectivity index (χ3n) is 5.42. The Morgan fingerprint density at radius 2 is 1.69 bits per heavy atom. The molecule has 0 saturated carbocycles. The van der Waals surface area contributed by atoms with Gasteiger partial charge in [0.2, 0.25) is 5.91 Å². The molecule has 1 aliphatic heterocycles. The molecule has 32 heavy (non-hydrogen) atoms. The third-order valence-corrected chi connectivity index (χ3v) is 6.35. The molecule has 3 aromatic rings. The number of fused-ring (bicyclic) bond motifs is 1. The lowest BCUT2D eigenvalue weighted by Crippen LogP contribution is -2.47. The molecule has 0 aliphatic carbocycles. The van der Waals surface area contributed by atoms with Gasteiger partial charge in [0.1, 0.15) is 5.82 Å². The highest BCUT2D eigenvalue weighted by Gasteiger charge is 2.21. The zero-order chi connectivity index (χ0) is 22.7. The molecule has 0 unspecified atom stereocenters. The van der Waals surface area contributed by atoms with Crippen molar-refractivity contribution in [2.75, 3.05) is 38.5 Å². The maximum absolute atomic E-state index is 13.0. The van der Waals surface area contributed by atoms with Gasteiger partial charge >= 0.3 is 0 Å². The highest BCUT2D eigenvalue weighted by atomic mass is 32.1. The molecule has 0 spiro atoms. The van der Waals surface area contributed by atoms with Crippen molar-refractivity contribution in [2.24, 2.45) is 0 Å². The van der Waals surface area contributed by atoms with Crippen LogP contribution in [0.4, 0.5) is 9.52 Å². The fourth-order valence-electron chi connectivity index (χ4n) is 3.49. The number of benzene rings is 2. The van der Waals surface area contributed by atoms with Gasteiger partial charge in [-0.3, -0.25) is 14.4 Å². The number of carbonyl (C=O) groups excluding carboxylic acids is 3. The highest BCUT2D eigenvalue weighted by molar-refractivity contribution is 7.22. The Balaban J connectivity index is 1.36. The predicted octanol–water partition coefficient (Wildman–Crippen LogP) is 3.42. The van der Waals surface area contributed by atoms with Gasteiger partial charge in [-0.05, 0) is 49.5 Å². The van der Waals surface area contributed by atoms with E-state index >= 15 is 0 Å². The molecule has 1 N–H and O–H groups in total. The van der Waals surface area contributed by atoms with Crippen LogP contribution in [0.25, 0.3) is 10.2 Å². The maximum atomic E-state index is 13.0. The summed E-state index contributed by atoms with van der Waals surface area (Å²) in [4.78, 5) is 45.6. The summed E-state index contributed by atoms with van der Waals surface area (Å²) < 4.78 is 13.8. The summed E-state index contributed by atoms with van der Waals surface area (Å²) in [5.74, 6) is -0.966. The number of anilines is 1. The Morgan fingerprint density at radius 3 is 2.41 bits per heavy atom. The van der Waals surface area contributed by atoms with E-state index < -0.39 is 5.82 Å². The molecule has 0 atom stereocenters. The summed E-state index contributed by atoms with van der Waals surface area (Å²) in [6, 6.07) is 10.6. The number of rotatable bonds is 6. The summed E-state index contributed by atoms with van der Waals surface area (Å²) in [6.45, 7) is 3.12. The molecule has 1 fully saturated rings. The van der Waals surface area contributed by atoms with Crippen molar-refractivity contribution in [1.82, 2.24) is 14.8 Å². The van der Waals surface area contributed by atoms with Crippen LogP contribution in [0.2, 0.25) is 0 Å². The van der Waals surface area contributed by atoms with Gasteiger partial charge in [-0.1, -0.05) is 11.3 Å². The first-order valence-electron chi connectivity index (χ1n) is 10.4. The topological polar surface area (TPSA) is 82.6 Å². The van der Waals surface area contributed by atoms with E-state index in [1.807, 2.05) is 11.9 Å². The van der Waals surface area contributed by atoms with E-state index in [0.717, 1.165) is 17.8 Å². The van der Waals surface area contributed by atoms with Crippen molar-refractivity contribution < 1.29 is 18.8 Å². The molecule has 1 aliphatic rings. The molecule has 4 rings (SSSR count). The number of Topliss-reactive ketones (excluding diaryl/α,β-unsaturated/α-hetero) is 1. The van der Waals surface area contributed by atoms with E-state index in [9.17, 15) is 18.8 Å². The molecule has 166 valence electrons. The summed E-state index contributed by atoms with van der Waals surface area (Å²) in [6.07, 6.45) is 0.0192. The van der Waals surface area contributed by atoms with Crippen molar-refractivity contribution in [3.05, 3.63) is 59.4 Å². The van der Waals surface area contributed by atoms with Crippen molar-refractivity contribution in [2.45, 2.75) is 12.8 Å². The monoisotopic (exact) mass is 454 g/mol. The standard InChI is InChI=1S/C23H23FN4O3S/c1-27-10-12-28(13-11-27)22(31)16-4-7-18-20(14-16)32-23(25-18)26-21(30)9-8-19(29)15-2-5-17(24)6-3-15/h2-7,14H,8-13H2,1H3,(H,25,26,30). The van der Waals surface area contributed by atoms with Gasteiger partial charge in [-0.25, -0.2) is 9.37 Å². The first-order valence-corrected chi connectivity index (χ1v) is 11.2. The van der Waals surface area contributed by atoms with Gasteiger partial charge in [0.15, 0.2) is 10.9 Å². The second-order valence-corrected chi connectivity index (χ2v) is 8.81. The number of nitrogens with zero attached hydrogens (tertiary/aromatic N) is 3. The number of thiazole rings is 1. The lowest BCUT2D eigenvalue weighted by molar-refractivity contribution is -0.116. The first kappa shape index (κ1) is 22.0. The molecule has 0 bridgehead atoms. The molecule has 1 aromatic heterocycles. The van der Waals surface area contributed by atoms with Crippen LogP contribution in [-0.4, -0.2) is 65.6 Å². The van der Waals surface area contributed by atoms with Crippen molar-refractivity contribution in [3.8, 4) is 0 Å². The van der Waals surface area contributed by atoms with Crippen LogP contribution in [0.5, 0.6) is 0 Å². The minimum absolute atomic E-state index is 0.000717. The number of nitrogens with one attached hydrogen (secondary N) is 1. The number of halogens is 1. The average molecular weight is 455 g/mol. The van der Waals surface area contributed by atoms with E-state index in [2.05, 4.69) is 15.2 Å². The molecule has 2 aromatic carbocycles. The molecule has 1 saturated heterocycles. The van der Waals surface area contributed by atoms with Crippen molar-refractivity contribution in [3.63, 3.8) is 0 Å². The van der Waals surface area contributed by atoms with Gasteiger partial charge in [0.25, 0.3) is 5.91 Å². The van der Waals surface area contributed by atoms with Crippen molar-refractivity contribution in [1.29, 1.82) is 0 Å². The Hall–Kier alpha value is -3.17. The molecular formula is C23H23FN4O3S. The Kier molecular flexibility index (Phi) is 6.57. The third kappa shape index (κ3) is 5.17. The van der Waals surface area contributed by atoms with E-state index in [0.29, 0.717) is 34.9 Å². The van der Waals surface area contributed by atoms with Crippen LogP contribution in [0.1, 0.15) is 33.6 Å². The van der Waals surface area contributed by atoms with Gasteiger partial charge in [-0.15, -0.1) is 0 Å². The van der Waals surface area contributed by atoms with Crippen LogP contribution in [-0.2, 0) is 4.79 Å². The summed E-state index contributed by atoms with van der Waals surface area (Å²) in [7, 11) is 2.04. The molecule has 9 heteroatoms. The van der Waals surface area contributed by atoms with E-state index in [4.69, 9.17) is 0 Å². The lowest BCUT2D eigenvalue weighted by Gasteiger charge is -2.32. The van der Waals surface area contributed by atoms with E-state index in [-0.39, 0.29) is 30.4 Å². The van der Waals surface area contributed by atoms with E-state index in [1.54, 1.807) is 18.2 Å². The van der Waals surface area contributed by atoms with Gasteiger partial charge in [-0.2, -0.15) is 0 Å². The van der Waals surface area contributed by atoms with Crippen LogP contribution in [0, 0.1) is 5.82 Å². The molecule has 7 nitrogen and oxygen atoms in total. The van der Waals surface area contributed by atoms with Crippen molar-refractivity contribution >= 4 is 44.3 Å².